The van der Waals surface area contributed by atoms with Gasteiger partial charge in [0.1, 0.15) is 5.75 Å². The van der Waals surface area contributed by atoms with Gasteiger partial charge in [-0.2, -0.15) is 0 Å². The maximum absolute atomic E-state index is 5.29. The fraction of sp³-hybridized carbons (Fsp3) is 0.200. The van der Waals surface area contributed by atoms with Crippen molar-refractivity contribution in [3.63, 3.8) is 0 Å². The van der Waals surface area contributed by atoms with E-state index in [-0.39, 0.29) is 40.1 Å². The number of benzene rings is 1. The summed E-state index contributed by atoms with van der Waals surface area (Å²) in [5.74, 6) is 0.922. The number of ether oxygens (including phenoxy) is 1. The zero-order valence-corrected chi connectivity index (χ0v) is 10.3. The molecule has 0 heterocycles. The maximum Gasteiger partial charge on any atom is 0.119 e. The largest absolute Gasteiger partial charge is 0.496 e. The quantitative estimate of drug-likeness (QED) is 0.737. The first-order valence-corrected chi connectivity index (χ1v) is 3.40. The Balaban J connectivity index is 0. The van der Waals surface area contributed by atoms with E-state index >= 15 is 0 Å². The van der Waals surface area contributed by atoms with Gasteiger partial charge in [0.2, 0.25) is 0 Å². The molecule has 0 aliphatic rings. The molecule has 1 nitrogen and oxygen atoms in total. The topological polar surface area (TPSA) is 9.23 Å². The molecule has 1 aromatic rings. The normalized spacial score (nSPS) is 7.75. The molecule has 1 radical (unpaired) electrons. The Labute approximate surface area is 100 Å². The van der Waals surface area contributed by atoms with E-state index in [9.17, 15) is 0 Å². The Morgan fingerprint density at radius 2 is 1.75 bits per heavy atom. The Hall–Kier alpha value is 0.124. The molecule has 12 heavy (non-hydrogen) atoms. The van der Waals surface area contributed by atoms with Gasteiger partial charge in [-0.05, 0) is 12.1 Å². The molecule has 1 rings (SSSR count). The average Bonchev–Trinajstić information content (AvgIpc) is 2.03. The number of rotatable bonds is 3. The van der Waals surface area contributed by atoms with Crippen LogP contribution in [0.2, 0.25) is 0 Å². The molecule has 0 aliphatic heterocycles. The molecule has 1 aromatic carbocycles. The summed E-state index contributed by atoms with van der Waals surface area (Å²) in [6.45, 7) is 4.37. The summed E-state index contributed by atoms with van der Waals surface area (Å²) in [4.78, 5) is 0. The Morgan fingerprint density at radius 3 is 2.25 bits per heavy atom. The van der Waals surface area contributed by atoms with Gasteiger partial charge in [-0.1, -0.05) is 18.2 Å². The molecule has 0 aliphatic carbocycles. The standard InChI is InChI=1S/C9H11O.CH3.Y/c1-2-8-10-9-6-4-3-5-7-9;;/h3-7H,1-2,8H2;1H3;/q2*-1;. The predicted molar refractivity (Wildman–Crippen MR) is 48.3 cm³/mol. The summed E-state index contributed by atoms with van der Waals surface area (Å²) < 4.78 is 5.29. The minimum atomic E-state index is 0. The Morgan fingerprint density at radius 1 is 1.17 bits per heavy atom. The molecular weight excluding hydrogens is 225 g/mol. The van der Waals surface area contributed by atoms with Crippen LogP contribution in [-0.2, 0) is 32.7 Å². The van der Waals surface area contributed by atoms with Crippen molar-refractivity contribution in [1.82, 2.24) is 0 Å². The van der Waals surface area contributed by atoms with Crippen molar-refractivity contribution in [2.24, 2.45) is 0 Å². The SMILES string of the molecule is [CH2-]CCOc1ccccc1.[CH3-].[Y]. The molecule has 0 saturated carbocycles. The van der Waals surface area contributed by atoms with Crippen molar-refractivity contribution >= 4 is 0 Å². The average molecular weight is 239 g/mol. The molecule has 2 heteroatoms. The van der Waals surface area contributed by atoms with Gasteiger partial charge in [-0.15, -0.1) is 6.42 Å². The van der Waals surface area contributed by atoms with E-state index in [0.29, 0.717) is 6.61 Å². The number of para-hydroxylation sites is 1. The van der Waals surface area contributed by atoms with E-state index in [1.807, 2.05) is 30.3 Å². The zero-order chi connectivity index (χ0) is 7.23. The minimum Gasteiger partial charge on any atom is -0.496 e. The van der Waals surface area contributed by atoms with E-state index in [1.54, 1.807) is 0 Å². The number of hydrogen-bond acceptors (Lipinski definition) is 1. The van der Waals surface area contributed by atoms with E-state index in [0.717, 1.165) is 12.2 Å². The maximum atomic E-state index is 5.29. The van der Waals surface area contributed by atoms with Crippen LogP contribution in [-0.4, -0.2) is 6.61 Å². The summed E-state index contributed by atoms with van der Waals surface area (Å²) in [6.07, 6.45) is 0.814. The van der Waals surface area contributed by atoms with E-state index < -0.39 is 0 Å². The third kappa shape index (κ3) is 5.73. The van der Waals surface area contributed by atoms with Gasteiger partial charge < -0.3 is 19.1 Å². The van der Waals surface area contributed by atoms with Gasteiger partial charge in [-0.25, -0.2) is 0 Å². The van der Waals surface area contributed by atoms with Crippen molar-refractivity contribution in [2.45, 2.75) is 6.42 Å². The van der Waals surface area contributed by atoms with Gasteiger partial charge in [0, 0.05) is 32.7 Å². The summed E-state index contributed by atoms with van der Waals surface area (Å²) >= 11 is 0. The van der Waals surface area contributed by atoms with Crippen LogP contribution in [0, 0.1) is 14.4 Å². The number of hydrogen-bond donors (Lipinski definition) is 0. The van der Waals surface area contributed by atoms with Crippen LogP contribution >= 0.6 is 0 Å². The van der Waals surface area contributed by atoms with Gasteiger partial charge in [0.15, 0.2) is 0 Å². The van der Waals surface area contributed by atoms with E-state index in [4.69, 9.17) is 4.74 Å². The molecule has 0 fully saturated rings. The molecule has 65 valence electrons. The smallest absolute Gasteiger partial charge is 0.119 e. The van der Waals surface area contributed by atoms with E-state index in [2.05, 4.69) is 6.92 Å². The van der Waals surface area contributed by atoms with Crippen LogP contribution in [0.5, 0.6) is 5.75 Å². The summed E-state index contributed by atoms with van der Waals surface area (Å²) in [5, 5.41) is 0. The van der Waals surface area contributed by atoms with Crippen LogP contribution in [0.1, 0.15) is 6.42 Å². The van der Waals surface area contributed by atoms with Crippen LogP contribution in [0.25, 0.3) is 0 Å². The molecule has 0 atom stereocenters. The Bertz CT molecular complexity index is 174. The van der Waals surface area contributed by atoms with Gasteiger partial charge >= 0.3 is 0 Å². The molecule has 0 unspecified atom stereocenters. The van der Waals surface area contributed by atoms with Crippen molar-refractivity contribution in [1.29, 1.82) is 0 Å². The Kier molecular flexibility index (Phi) is 11.2. The molecule has 0 saturated heterocycles. The predicted octanol–water partition coefficient (Wildman–Crippen LogP) is 2.74. The molecule has 0 bridgehead atoms. The second-order valence-electron chi connectivity index (χ2n) is 2.02. The van der Waals surface area contributed by atoms with Crippen molar-refractivity contribution in [2.75, 3.05) is 6.61 Å². The first-order chi connectivity index (χ1) is 4.93. The summed E-state index contributed by atoms with van der Waals surface area (Å²) in [5.41, 5.74) is 0. The third-order valence-corrected chi connectivity index (χ3v) is 1.16. The molecule has 0 aromatic heterocycles. The summed E-state index contributed by atoms with van der Waals surface area (Å²) in [7, 11) is 0. The second-order valence-corrected chi connectivity index (χ2v) is 2.02. The van der Waals surface area contributed by atoms with Gasteiger partial charge in [0.25, 0.3) is 0 Å². The summed E-state index contributed by atoms with van der Waals surface area (Å²) in [6, 6.07) is 9.76. The first-order valence-electron chi connectivity index (χ1n) is 3.40. The fourth-order valence-electron chi connectivity index (χ4n) is 0.707. The van der Waals surface area contributed by atoms with Crippen molar-refractivity contribution in [3.8, 4) is 5.75 Å². The van der Waals surface area contributed by atoms with Gasteiger partial charge in [-0.3, -0.25) is 0 Å². The zero-order valence-electron chi connectivity index (χ0n) is 7.49. The van der Waals surface area contributed by atoms with Crippen LogP contribution in [0.4, 0.5) is 0 Å². The fourth-order valence-corrected chi connectivity index (χ4v) is 0.707. The molecule has 0 spiro atoms. The van der Waals surface area contributed by atoms with Crippen LogP contribution < -0.4 is 4.74 Å². The minimum absolute atomic E-state index is 0. The first kappa shape index (κ1) is 14.6. The van der Waals surface area contributed by atoms with Crippen LogP contribution in [0.3, 0.4) is 0 Å². The second kappa shape index (κ2) is 9.21. The monoisotopic (exact) mass is 239 g/mol. The third-order valence-electron chi connectivity index (χ3n) is 1.16. The molecule has 0 amide bonds. The molecular formula is C10H14OY-2. The molecule has 0 N–H and O–H groups in total. The van der Waals surface area contributed by atoms with Crippen molar-refractivity contribution in [3.05, 3.63) is 44.7 Å². The van der Waals surface area contributed by atoms with Gasteiger partial charge in [0.05, 0.1) is 6.61 Å². The van der Waals surface area contributed by atoms with Crippen LogP contribution in [0.15, 0.2) is 30.3 Å². The van der Waals surface area contributed by atoms with Crippen molar-refractivity contribution < 1.29 is 37.4 Å². The van der Waals surface area contributed by atoms with E-state index in [1.165, 1.54) is 0 Å².